The molecule has 0 saturated heterocycles. The fraction of sp³-hybridized carbons (Fsp3) is 0. The molecule has 0 fully saturated rings. The number of carbonyl (C=O) groups excluding carboxylic acids is 2. The van der Waals surface area contributed by atoms with E-state index in [1.165, 1.54) is 11.3 Å². The molecule has 2 aromatic carbocycles. The first kappa shape index (κ1) is 20.0. The lowest BCUT2D eigenvalue weighted by Crippen LogP contribution is -2.21. The van der Waals surface area contributed by atoms with E-state index < -0.39 is 11.9 Å². The van der Waals surface area contributed by atoms with Gasteiger partial charge in [-0.1, -0.05) is 42.5 Å². The van der Waals surface area contributed by atoms with Gasteiger partial charge in [0, 0.05) is 5.56 Å². The molecule has 0 saturated carbocycles. The smallest absolute Gasteiger partial charge is 0.324 e. The first-order valence-corrected chi connectivity index (χ1v) is 10.2. The van der Waals surface area contributed by atoms with Crippen molar-refractivity contribution >= 4 is 45.5 Å². The van der Waals surface area contributed by atoms with E-state index in [2.05, 4.69) is 26.1 Å². The number of urea groups is 1. The van der Waals surface area contributed by atoms with Crippen molar-refractivity contribution < 1.29 is 9.59 Å². The first-order chi connectivity index (χ1) is 15.1. The van der Waals surface area contributed by atoms with Crippen LogP contribution in [0.3, 0.4) is 0 Å². The number of nitrogens with two attached hydrogens (primary N) is 1. The largest absolute Gasteiger partial charge is 0.366 e. The molecule has 0 spiro atoms. The molecule has 4 rings (SSSR count). The van der Waals surface area contributed by atoms with Gasteiger partial charge in [0.05, 0.1) is 22.6 Å². The molecule has 5 N–H and O–H groups in total. The Morgan fingerprint density at radius 2 is 1.55 bits per heavy atom. The highest BCUT2D eigenvalue weighted by Gasteiger charge is 2.13. The summed E-state index contributed by atoms with van der Waals surface area (Å²) in [6.07, 6.45) is 0. The van der Waals surface area contributed by atoms with E-state index >= 15 is 0 Å². The SMILES string of the molecule is NC(=O)c1ccsc1Nc1ccccc1NC(=O)Nc1ccc(-c2ccccc2)nn1. The minimum absolute atomic E-state index is 0.317. The van der Waals surface area contributed by atoms with Crippen LogP contribution in [0.1, 0.15) is 10.4 Å². The number of benzene rings is 2. The van der Waals surface area contributed by atoms with Crippen LogP contribution in [-0.2, 0) is 0 Å². The van der Waals surface area contributed by atoms with Crippen molar-refractivity contribution in [2.45, 2.75) is 0 Å². The number of hydrogen-bond donors (Lipinski definition) is 4. The van der Waals surface area contributed by atoms with Crippen LogP contribution < -0.4 is 21.7 Å². The second-order valence-corrected chi connectivity index (χ2v) is 7.36. The summed E-state index contributed by atoms with van der Waals surface area (Å²) in [5, 5.41) is 19.2. The average molecular weight is 430 g/mol. The van der Waals surface area contributed by atoms with Gasteiger partial charge >= 0.3 is 6.03 Å². The van der Waals surface area contributed by atoms with Gasteiger partial charge in [-0.15, -0.1) is 21.5 Å². The molecule has 0 unspecified atom stereocenters. The third-order valence-corrected chi connectivity index (χ3v) is 5.16. The molecule has 4 aromatic rings. The van der Waals surface area contributed by atoms with E-state index in [0.29, 0.717) is 33.5 Å². The monoisotopic (exact) mass is 430 g/mol. The van der Waals surface area contributed by atoms with E-state index in [9.17, 15) is 9.59 Å². The fourth-order valence-electron chi connectivity index (χ4n) is 2.86. The quantitative estimate of drug-likeness (QED) is 0.353. The Kier molecular flexibility index (Phi) is 5.86. The standard InChI is InChI=1S/C22H18N6O2S/c23-20(29)15-12-13-31-21(15)24-17-8-4-5-9-18(17)25-22(30)26-19-11-10-16(27-28-19)14-6-2-1-3-7-14/h1-13,24H,(H2,23,29)(H2,25,26,28,30). The summed E-state index contributed by atoms with van der Waals surface area (Å²) in [6, 6.07) is 21.4. The third kappa shape index (κ3) is 4.85. The number of para-hydroxylation sites is 2. The van der Waals surface area contributed by atoms with Crippen molar-refractivity contribution in [1.82, 2.24) is 10.2 Å². The molecule has 0 atom stereocenters. The second-order valence-electron chi connectivity index (χ2n) is 6.45. The van der Waals surface area contributed by atoms with E-state index in [1.807, 2.05) is 36.4 Å². The molecule has 2 aromatic heterocycles. The lowest BCUT2D eigenvalue weighted by molar-refractivity contribution is 0.100. The normalized spacial score (nSPS) is 10.3. The van der Waals surface area contributed by atoms with Crippen LogP contribution in [0.25, 0.3) is 11.3 Å². The molecular formula is C22H18N6O2S. The Morgan fingerprint density at radius 1 is 0.806 bits per heavy atom. The summed E-state index contributed by atoms with van der Waals surface area (Å²) in [6.45, 7) is 0. The maximum absolute atomic E-state index is 12.5. The topological polar surface area (TPSA) is 122 Å². The minimum atomic E-state index is -0.524. The highest BCUT2D eigenvalue weighted by Crippen LogP contribution is 2.31. The Bertz CT molecular complexity index is 1210. The zero-order valence-electron chi connectivity index (χ0n) is 16.2. The van der Waals surface area contributed by atoms with E-state index in [0.717, 1.165) is 5.56 Å². The third-order valence-electron chi connectivity index (χ3n) is 4.33. The molecular weight excluding hydrogens is 412 g/mol. The summed E-state index contributed by atoms with van der Waals surface area (Å²) >= 11 is 1.34. The average Bonchev–Trinajstić information content (AvgIpc) is 3.25. The lowest BCUT2D eigenvalue weighted by Gasteiger charge is -2.13. The van der Waals surface area contributed by atoms with Crippen LogP contribution in [0.5, 0.6) is 0 Å². The van der Waals surface area contributed by atoms with Crippen molar-refractivity contribution in [3.63, 3.8) is 0 Å². The Balaban J connectivity index is 1.44. The van der Waals surface area contributed by atoms with Gasteiger partial charge in [0.1, 0.15) is 5.00 Å². The van der Waals surface area contributed by atoms with Crippen LogP contribution >= 0.6 is 11.3 Å². The molecule has 3 amide bonds. The maximum atomic E-state index is 12.5. The van der Waals surface area contributed by atoms with Crippen molar-refractivity contribution in [3.8, 4) is 11.3 Å². The zero-order chi connectivity index (χ0) is 21.6. The molecule has 31 heavy (non-hydrogen) atoms. The second kappa shape index (κ2) is 9.06. The number of primary amides is 1. The predicted molar refractivity (Wildman–Crippen MR) is 123 cm³/mol. The lowest BCUT2D eigenvalue weighted by atomic mass is 10.1. The molecule has 0 bridgehead atoms. The zero-order valence-corrected chi connectivity index (χ0v) is 17.0. The number of anilines is 4. The number of thiophene rings is 1. The number of hydrogen-bond acceptors (Lipinski definition) is 6. The minimum Gasteiger partial charge on any atom is -0.366 e. The van der Waals surface area contributed by atoms with Crippen molar-refractivity contribution in [2.75, 3.05) is 16.0 Å². The number of aromatic nitrogens is 2. The van der Waals surface area contributed by atoms with Gasteiger partial charge in [-0.3, -0.25) is 10.1 Å². The molecule has 0 aliphatic rings. The molecule has 2 heterocycles. The van der Waals surface area contributed by atoms with Crippen LogP contribution in [0.15, 0.2) is 78.2 Å². The Morgan fingerprint density at radius 3 is 2.26 bits per heavy atom. The highest BCUT2D eigenvalue weighted by molar-refractivity contribution is 7.14. The van der Waals surface area contributed by atoms with Crippen LogP contribution in [0.4, 0.5) is 27.0 Å². The van der Waals surface area contributed by atoms with E-state index in [-0.39, 0.29) is 0 Å². The summed E-state index contributed by atoms with van der Waals surface area (Å²) < 4.78 is 0. The van der Waals surface area contributed by atoms with Gasteiger partial charge in [0.15, 0.2) is 5.82 Å². The molecule has 0 radical (unpaired) electrons. The number of carbonyl (C=O) groups is 2. The van der Waals surface area contributed by atoms with E-state index in [4.69, 9.17) is 5.73 Å². The molecule has 0 aliphatic carbocycles. The number of nitrogens with one attached hydrogen (secondary N) is 3. The van der Waals surface area contributed by atoms with Crippen molar-refractivity contribution in [3.05, 3.63) is 83.7 Å². The van der Waals surface area contributed by atoms with E-state index in [1.54, 1.807) is 41.8 Å². The molecule has 8 nitrogen and oxygen atoms in total. The van der Waals surface area contributed by atoms with Gasteiger partial charge in [-0.2, -0.15) is 0 Å². The van der Waals surface area contributed by atoms with Gasteiger partial charge < -0.3 is 16.4 Å². The van der Waals surface area contributed by atoms with Gasteiger partial charge in [0.25, 0.3) is 5.91 Å². The van der Waals surface area contributed by atoms with Gasteiger partial charge in [0.2, 0.25) is 0 Å². The van der Waals surface area contributed by atoms with Crippen LogP contribution in [0, 0.1) is 0 Å². The summed E-state index contributed by atoms with van der Waals surface area (Å²) in [4.78, 5) is 24.0. The maximum Gasteiger partial charge on any atom is 0.324 e. The first-order valence-electron chi connectivity index (χ1n) is 9.30. The van der Waals surface area contributed by atoms with Crippen molar-refractivity contribution in [2.24, 2.45) is 5.73 Å². The Hall–Kier alpha value is -4.24. The van der Waals surface area contributed by atoms with Crippen LogP contribution in [-0.4, -0.2) is 22.1 Å². The molecule has 154 valence electrons. The predicted octanol–water partition coefficient (Wildman–Crippen LogP) is 4.69. The summed E-state index contributed by atoms with van der Waals surface area (Å²) in [5.41, 5.74) is 8.58. The van der Waals surface area contributed by atoms with Gasteiger partial charge in [-0.25, -0.2) is 4.79 Å². The number of amides is 3. The summed E-state index contributed by atoms with van der Waals surface area (Å²) in [7, 11) is 0. The number of rotatable bonds is 6. The molecule has 9 heteroatoms. The fourth-order valence-corrected chi connectivity index (χ4v) is 3.66. The molecule has 0 aliphatic heterocycles. The van der Waals surface area contributed by atoms with Gasteiger partial charge in [-0.05, 0) is 35.7 Å². The van der Waals surface area contributed by atoms with Crippen LogP contribution in [0.2, 0.25) is 0 Å². The highest BCUT2D eigenvalue weighted by atomic mass is 32.1. The Labute approximate surface area is 182 Å². The number of nitrogens with zero attached hydrogens (tertiary/aromatic N) is 2. The summed E-state index contributed by atoms with van der Waals surface area (Å²) in [5.74, 6) is -0.207. The van der Waals surface area contributed by atoms with Crippen molar-refractivity contribution in [1.29, 1.82) is 0 Å².